The maximum Gasteiger partial charge on any atom is 0.227 e. The molecular weight excluding hydrogens is 269 g/mol. The predicted octanol–water partition coefficient (Wildman–Crippen LogP) is 2.93. The molecule has 1 saturated carbocycles. The first-order valence-electron chi connectivity index (χ1n) is 7.30. The second-order valence-corrected chi connectivity index (χ2v) is 5.60. The van der Waals surface area contributed by atoms with E-state index in [2.05, 4.69) is 24.1 Å². The average Bonchev–Trinajstić information content (AvgIpc) is 2.48. The fourth-order valence-electron chi connectivity index (χ4n) is 2.60. The molecule has 1 amide bonds. The van der Waals surface area contributed by atoms with Crippen LogP contribution in [0.4, 0.5) is 10.1 Å². The zero-order valence-electron chi connectivity index (χ0n) is 12.2. The van der Waals surface area contributed by atoms with Gasteiger partial charge in [0.1, 0.15) is 12.4 Å². The minimum atomic E-state index is -0.458. The molecule has 3 nitrogen and oxygen atoms in total. The number of aliphatic hydroxyl groups is 1. The van der Waals surface area contributed by atoms with Gasteiger partial charge in [-0.1, -0.05) is 18.8 Å². The molecule has 112 valence electrons. The highest BCUT2D eigenvalue weighted by molar-refractivity contribution is 5.92. The highest BCUT2D eigenvalue weighted by atomic mass is 19.1. The summed E-state index contributed by atoms with van der Waals surface area (Å²) in [6.07, 6.45) is 3.97. The molecule has 1 fully saturated rings. The molecule has 0 radical (unpaired) electrons. The van der Waals surface area contributed by atoms with Crippen LogP contribution in [-0.4, -0.2) is 17.6 Å². The van der Waals surface area contributed by atoms with Gasteiger partial charge in [-0.2, -0.15) is 0 Å². The Bertz CT molecular complexity index is 566. The molecule has 0 aliphatic heterocycles. The Labute approximate surface area is 124 Å². The van der Waals surface area contributed by atoms with Crippen LogP contribution >= 0.6 is 0 Å². The highest BCUT2D eigenvalue weighted by Crippen LogP contribution is 2.29. The fraction of sp³-hybridized carbons (Fsp3) is 0.471. The van der Waals surface area contributed by atoms with Crippen LogP contribution in [0.1, 0.15) is 38.2 Å². The molecule has 21 heavy (non-hydrogen) atoms. The minimum absolute atomic E-state index is 0.00502. The Morgan fingerprint density at radius 3 is 2.76 bits per heavy atom. The number of halogens is 1. The molecule has 0 bridgehead atoms. The van der Waals surface area contributed by atoms with E-state index in [1.54, 1.807) is 0 Å². The Kier molecular flexibility index (Phi) is 5.35. The topological polar surface area (TPSA) is 49.3 Å². The van der Waals surface area contributed by atoms with Gasteiger partial charge >= 0.3 is 0 Å². The molecule has 0 atom stereocenters. The summed E-state index contributed by atoms with van der Waals surface area (Å²) in [6, 6.07) is 4.31. The Balaban J connectivity index is 2.04. The molecule has 0 heterocycles. The first kappa shape index (κ1) is 15.5. The van der Waals surface area contributed by atoms with E-state index in [4.69, 9.17) is 5.11 Å². The summed E-state index contributed by atoms with van der Waals surface area (Å²) in [5.41, 5.74) is 0.723. The standard InChI is InChI=1S/C17H20FNO2/c1-12-4-6-13(7-5-12)17(21)19-15-8-9-16(18)14(11-15)3-2-10-20/h8-9,11-13,20H,4-7,10H2,1H3,(H,19,21). The van der Waals surface area contributed by atoms with Crippen LogP contribution in [0.3, 0.4) is 0 Å². The Hall–Kier alpha value is -1.86. The average molecular weight is 289 g/mol. The lowest BCUT2D eigenvalue weighted by Crippen LogP contribution is -2.26. The normalized spacial score (nSPS) is 21.3. The number of rotatable bonds is 2. The van der Waals surface area contributed by atoms with Crippen molar-refractivity contribution < 1.29 is 14.3 Å². The summed E-state index contributed by atoms with van der Waals surface area (Å²) in [7, 11) is 0. The number of hydrogen-bond acceptors (Lipinski definition) is 2. The summed E-state index contributed by atoms with van der Waals surface area (Å²) in [5, 5.41) is 11.5. The lowest BCUT2D eigenvalue weighted by Gasteiger charge is -2.25. The van der Waals surface area contributed by atoms with Gasteiger partial charge < -0.3 is 10.4 Å². The van der Waals surface area contributed by atoms with Crippen LogP contribution < -0.4 is 5.32 Å². The number of nitrogens with one attached hydrogen (secondary N) is 1. The van der Waals surface area contributed by atoms with Gasteiger partial charge in [-0.15, -0.1) is 0 Å². The molecule has 0 unspecified atom stereocenters. The second kappa shape index (κ2) is 7.24. The number of carbonyl (C=O) groups excluding carboxylic acids is 1. The van der Waals surface area contributed by atoms with Gasteiger partial charge in [0, 0.05) is 11.6 Å². The third-order valence-electron chi connectivity index (χ3n) is 3.92. The lowest BCUT2D eigenvalue weighted by molar-refractivity contribution is -0.121. The SMILES string of the molecule is CC1CCC(C(=O)Nc2ccc(F)c(C#CCO)c2)CC1. The molecule has 1 aliphatic carbocycles. The van der Waals surface area contributed by atoms with Crippen molar-refractivity contribution in [1.29, 1.82) is 0 Å². The van der Waals surface area contributed by atoms with Crippen LogP contribution in [0.15, 0.2) is 18.2 Å². The monoisotopic (exact) mass is 289 g/mol. The number of benzene rings is 1. The van der Waals surface area contributed by atoms with Gasteiger partial charge in [0.25, 0.3) is 0 Å². The zero-order chi connectivity index (χ0) is 15.2. The molecule has 4 heteroatoms. The molecular formula is C17H20FNO2. The summed E-state index contributed by atoms with van der Waals surface area (Å²) >= 11 is 0. The number of aliphatic hydroxyl groups excluding tert-OH is 1. The van der Waals surface area contributed by atoms with Crippen LogP contribution in [0.25, 0.3) is 0 Å². The van der Waals surface area contributed by atoms with Crippen LogP contribution in [0.5, 0.6) is 0 Å². The fourth-order valence-corrected chi connectivity index (χ4v) is 2.60. The van der Waals surface area contributed by atoms with Crippen molar-refractivity contribution in [3.05, 3.63) is 29.6 Å². The first-order chi connectivity index (χ1) is 10.1. The van der Waals surface area contributed by atoms with Crippen LogP contribution in [0.2, 0.25) is 0 Å². The van der Waals surface area contributed by atoms with Gasteiger partial charge in [-0.05, 0) is 49.8 Å². The summed E-state index contributed by atoms with van der Waals surface area (Å²) in [4.78, 5) is 12.2. The zero-order valence-corrected chi connectivity index (χ0v) is 12.2. The molecule has 1 aromatic carbocycles. The van der Waals surface area contributed by atoms with Gasteiger partial charge in [-0.25, -0.2) is 4.39 Å². The van der Waals surface area contributed by atoms with E-state index in [0.717, 1.165) is 25.7 Å². The number of hydrogen-bond donors (Lipinski definition) is 2. The molecule has 2 N–H and O–H groups in total. The van der Waals surface area contributed by atoms with E-state index in [1.807, 2.05) is 0 Å². The van der Waals surface area contributed by atoms with Crippen molar-refractivity contribution in [2.24, 2.45) is 11.8 Å². The number of amides is 1. The molecule has 0 spiro atoms. The van der Waals surface area contributed by atoms with E-state index in [-0.39, 0.29) is 24.0 Å². The predicted molar refractivity (Wildman–Crippen MR) is 80.1 cm³/mol. The van der Waals surface area contributed by atoms with Crippen molar-refractivity contribution in [2.75, 3.05) is 11.9 Å². The molecule has 2 rings (SSSR count). The Morgan fingerprint density at radius 2 is 2.10 bits per heavy atom. The molecule has 0 aromatic heterocycles. The van der Waals surface area contributed by atoms with Gasteiger partial charge in [0.15, 0.2) is 0 Å². The maximum absolute atomic E-state index is 13.5. The van der Waals surface area contributed by atoms with Crippen molar-refractivity contribution in [1.82, 2.24) is 0 Å². The van der Waals surface area contributed by atoms with Crippen LogP contribution in [-0.2, 0) is 4.79 Å². The van der Waals surface area contributed by atoms with Crippen molar-refractivity contribution in [3.8, 4) is 11.8 Å². The van der Waals surface area contributed by atoms with Gasteiger partial charge in [0.2, 0.25) is 5.91 Å². The first-order valence-corrected chi connectivity index (χ1v) is 7.30. The molecule has 0 saturated heterocycles. The number of carbonyl (C=O) groups is 1. The van der Waals surface area contributed by atoms with E-state index in [1.165, 1.54) is 18.2 Å². The van der Waals surface area contributed by atoms with Crippen molar-refractivity contribution in [2.45, 2.75) is 32.6 Å². The lowest BCUT2D eigenvalue weighted by atomic mass is 9.82. The summed E-state index contributed by atoms with van der Waals surface area (Å²) in [6.45, 7) is 1.89. The number of anilines is 1. The highest BCUT2D eigenvalue weighted by Gasteiger charge is 2.24. The van der Waals surface area contributed by atoms with Crippen molar-refractivity contribution in [3.63, 3.8) is 0 Å². The third kappa shape index (κ3) is 4.30. The summed E-state index contributed by atoms with van der Waals surface area (Å²) < 4.78 is 13.5. The molecule has 1 aliphatic rings. The quantitative estimate of drug-likeness (QED) is 0.822. The van der Waals surface area contributed by atoms with E-state index < -0.39 is 5.82 Å². The third-order valence-corrected chi connectivity index (χ3v) is 3.92. The van der Waals surface area contributed by atoms with Crippen LogP contribution in [0, 0.1) is 29.5 Å². The van der Waals surface area contributed by atoms with E-state index >= 15 is 0 Å². The maximum atomic E-state index is 13.5. The largest absolute Gasteiger partial charge is 0.384 e. The minimum Gasteiger partial charge on any atom is -0.384 e. The Morgan fingerprint density at radius 1 is 1.38 bits per heavy atom. The summed E-state index contributed by atoms with van der Waals surface area (Å²) in [5.74, 6) is 5.21. The molecule has 1 aromatic rings. The van der Waals surface area contributed by atoms with Gasteiger partial charge in [-0.3, -0.25) is 4.79 Å². The van der Waals surface area contributed by atoms with Crippen molar-refractivity contribution >= 4 is 11.6 Å². The van der Waals surface area contributed by atoms with Gasteiger partial charge in [0.05, 0.1) is 5.56 Å². The van der Waals surface area contributed by atoms with E-state index in [9.17, 15) is 9.18 Å². The van der Waals surface area contributed by atoms with E-state index in [0.29, 0.717) is 11.6 Å². The second-order valence-electron chi connectivity index (χ2n) is 5.60. The smallest absolute Gasteiger partial charge is 0.227 e.